The van der Waals surface area contributed by atoms with E-state index in [4.69, 9.17) is 4.74 Å². The maximum absolute atomic E-state index is 13.1. The number of ether oxygens (including phenoxy) is 1. The second kappa shape index (κ2) is 7.80. The first-order valence-corrected chi connectivity index (χ1v) is 10.9. The summed E-state index contributed by atoms with van der Waals surface area (Å²) >= 11 is 1.79. The van der Waals surface area contributed by atoms with Crippen LogP contribution in [-0.2, 0) is 17.6 Å². The fourth-order valence-corrected chi connectivity index (χ4v) is 5.13. The first-order chi connectivity index (χ1) is 13.9. The molecule has 2 atom stereocenters. The molecule has 0 spiro atoms. The Kier molecular flexibility index (Phi) is 5.36. The van der Waals surface area contributed by atoms with Crippen LogP contribution in [0.4, 0.5) is 4.79 Å². The van der Waals surface area contributed by atoms with E-state index in [0.29, 0.717) is 19.5 Å². The highest BCUT2D eigenvalue weighted by molar-refractivity contribution is 7.10. The molecule has 1 aromatic heterocycles. The normalized spacial score (nSPS) is 24.5. The fraction of sp³-hybridized carbons (Fsp3) is 0.455. The number of hydrogen-bond donors (Lipinski definition) is 1. The number of urea groups is 1. The Morgan fingerprint density at radius 1 is 1.24 bits per heavy atom. The van der Waals surface area contributed by atoms with Gasteiger partial charge in [-0.25, -0.2) is 9.69 Å². The Hall–Kier alpha value is -2.38. The van der Waals surface area contributed by atoms with Crippen LogP contribution in [0, 0.1) is 0 Å². The van der Waals surface area contributed by atoms with Crippen LogP contribution in [0.25, 0.3) is 0 Å². The Labute approximate surface area is 175 Å². The molecule has 1 aromatic carbocycles. The summed E-state index contributed by atoms with van der Waals surface area (Å²) in [4.78, 5) is 30.8. The zero-order valence-electron chi connectivity index (χ0n) is 17.1. The van der Waals surface area contributed by atoms with Crippen LogP contribution in [0.5, 0.6) is 5.75 Å². The van der Waals surface area contributed by atoms with Gasteiger partial charge in [0, 0.05) is 17.5 Å². The number of benzene rings is 1. The van der Waals surface area contributed by atoms with Gasteiger partial charge < -0.3 is 10.1 Å². The number of carbonyl (C=O) groups is 2. The number of nitrogens with one attached hydrogen (secondary N) is 1. The molecule has 1 saturated heterocycles. The van der Waals surface area contributed by atoms with Gasteiger partial charge in [0.2, 0.25) is 0 Å². The van der Waals surface area contributed by atoms with Crippen molar-refractivity contribution in [2.24, 2.45) is 0 Å². The molecule has 3 heterocycles. The predicted octanol–water partition coefficient (Wildman–Crippen LogP) is 3.58. The molecule has 29 heavy (non-hydrogen) atoms. The maximum atomic E-state index is 13.1. The molecule has 2 aliphatic rings. The van der Waals surface area contributed by atoms with E-state index in [-0.39, 0.29) is 18.0 Å². The van der Waals surface area contributed by atoms with E-state index in [0.717, 1.165) is 24.3 Å². The topological polar surface area (TPSA) is 61.9 Å². The van der Waals surface area contributed by atoms with E-state index in [1.54, 1.807) is 18.4 Å². The molecule has 0 bridgehead atoms. The van der Waals surface area contributed by atoms with Crippen molar-refractivity contribution in [1.29, 1.82) is 0 Å². The Bertz CT molecular complexity index is 910. The molecule has 0 aliphatic carbocycles. The zero-order chi connectivity index (χ0) is 20.6. The fourth-order valence-electron chi connectivity index (χ4n) is 4.17. The molecule has 2 aromatic rings. The number of fused-ring (bicyclic) bond motifs is 1. The highest BCUT2D eigenvalue weighted by atomic mass is 32.1. The third-order valence-electron chi connectivity index (χ3n) is 6.14. The third kappa shape index (κ3) is 3.76. The van der Waals surface area contributed by atoms with Crippen molar-refractivity contribution < 1.29 is 14.3 Å². The van der Waals surface area contributed by atoms with Gasteiger partial charge in [0.1, 0.15) is 11.3 Å². The Morgan fingerprint density at radius 3 is 2.72 bits per heavy atom. The van der Waals surface area contributed by atoms with Crippen molar-refractivity contribution in [1.82, 2.24) is 15.1 Å². The second-order valence-corrected chi connectivity index (χ2v) is 9.02. The standard InChI is InChI=1S/C22H27N3O3S/c1-15-18-10-13-29-19(18)9-12-24(15)14-25-20(26)22(2,23-21(25)27)11-8-16-4-6-17(28-3)7-5-16/h4-7,10,13,15H,8-9,11-12,14H2,1-3H3,(H,23,27)/t15-,22-/m1/s1. The van der Waals surface area contributed by atoms with Gasteiger partial charge in [-0.3, -0.25) is 9.69 Å². The lowest BCUT2D eigenvalue weighted by molar-refractivity contribution is -0.132. The van der Waals surface area contributed by atoms with E-state index in [1.807, 2.05) is 31.2 Å². The quantitative estimate of drug-likeness (QED) is 0.736. The molecule has 0 saturated carbocycles. The number of hydrogen-bond acceptors (Lipinski definition) is 5. The van der Waals surface area contributed by atoms with Gasteiger partial charge in [0.25, 0.3) is 5.91 Å². The van der Waals surface area contributed by atoms with Gasteiger partial charge in [-0.1, -0.05) is 12.1 Å². The third-order valence-corrected chi connectivity index (χ3v) is 7.14. The number of methoxy groups -OCH3 is 1. The molecule has 3 amide bonds. The molecule has 154 valence electrons. The monoisotopic (exact) mass is 413 g/mol. The SMILES string of the molecule is COc1ccc(CC[C@@]2(C)NC(=O)N(CN3CCc4sccc4[C@H]3C)C2=O)cc1. The van der Waals surface area contributed by atoms with Crippen LogP contribution in [-0.4, -0.2) is 47.6 Å². The summed E-state index contributed by atoms with van der Waals surface area (Å²) in [5.41, 5.74) is 1.56. The van der Waals surface area contributed by atoms with E-state index < -0.39 is 5.54 Å². The van der Waals surface area contributed by atoms with Crippen molar-refractivity contribution in [3.8, 4) is 5.75 Å². The summed E-state index contributed by atoms with van der Waals surface area (Å²) in [5, 5.41) is 5.05. The van der Waals surface area contributed by atoms with Gasteiger partial charge in [-0.15, -0.1) is 11.3 Å². The van der Waals surface area contributed by atoms with E-state index >= 15 is 0 Å². The molecule has 0 unspecified atom stereocenters. The summed E-state index contributed by atoms with van der Waals surface area (Å²) < 4.78 is 5.19. The second-order valence-electron chi connectivity index (χ2n) is 8.02. The molecule has 7 heteroatoms. The Balaban J connectivity index is 1.41. The van der Waals surface area contributed by atoms with E-state index in [9.17, 15) is 9.59 Å². The lowest BCUT2D eigenvalue weighted by Gasteiger charge is -2.35. The minimum absolute atomic E-state index is 0.140. The van der Waals surface area contributed by atoms with E-state index in [1.165, 1.54) is 15.3 Å². The lowest BCUT2D eigenvalue weighted by atomic mass is 9.93. The van der Waals surface area contributed by atoms with E-state index in [2.05, 4.69) is 28.6 Å². The van der Waals surface area contributed by atoms with Crippen LogP contribution < -0.4 is 10.1 Å². The van der Waals surface area contributed by atoms with Crippen molar-refractivity contribution in [3.05, 3.63) is 51.7 Å². The van der Waals surface area contributed by atoms with Gasteiger partial charge in [0.15, 0.2) is 0 Å². The van der Waals surface area contributed by atoms with Crippen molar-refractivity contribution in [2.75, 3.05) is 20.3 Å². The molecular formula is C22H27N3O3S. The number of amides is 3. The number of nitrogens with zero attached hydrogens (tertiary/aromatic N) is 2. The molecule has 4 rings (SSSR count). The average Bonchev–Trinajstić information content (AvgIpc) is 3.28. The number of aryl methyl sites for hydroxylation is 1. The van der Waals surface area contributed by atoms with Crippen molar-refractivity contribution in [3.63, 3.8) is 0 Å². The number of carbonyl (C=O) groups excluding carboxylic acids is 2. The van der Waals surface area contributed by atoms with Crippen molar-refractivity contribution in [2.45, 2.75) is 44.7 Å². The van der Waals surface area contributed by atoms with Crippen LogP contribution >= 0.6 is 11.3 Å². The minimum atomic E-state index is -0.871. The zero-order valence-corrected chi connectivity index (χ0v) is 17.9. The summed E-state index contributed by atoms with van der Waals surface area (Å²) in [5.74, 6) is 0.667. The van der Waals surface area contributed by atoms with Gasteiger partial charge >= 0.3 is 6.03 Å². The largest absolute Gasteiger partial charge is 0.497 e. The van der Waals surface area contributed by atoms with Crippen molar-refractivity contribution >= 4 is 23.3 Å². The van der Waals surface area contributed by atoms with Crippen LogP contribution in [0.3, 0.4) is 0 Å². The van der Waals surface area contributed by atoms with Crippen LogP contribution in [0.15, 0.2) is 35.7 Å². The van der Waals surface area contributed by atoms with Gasteiger partial charge in [-0.05, 0) is 67.8 Å². The summed E-state index contributed by atoms with van der Waals surface area (Å²) in [6.07, 6.45) is 2.24. The summed E-state index contributed by atoms with van der Waals surface area (Å²) in [7, 11) is 1.64. The van der Waals surface area contributed by atoms with Crippen LogP contribution in [0.1, 0.15) is 42.3 Å². The molecule has 1 N–H and O–H groups in total. The minimum Gasteiger partial charge on any atom is -0.497 e. The first-order valence-electron chi connectivity index (χ1n) is 9.98. The molecule has 1 fully saturated rings. The van der Waals surface area contributed by atoms with Gasteiger partial charge in [0.05, 0.1) is 13.8 Å². The first kappa shape index (κ1) is 19.9. The molecule has 6 nitrogen and oxygen atoms in total. The highest BCUT2D eigenvalue weighted by Gasteiger charge is 2.48. The van der Waals surface area contributed by atoms with Gasteiger partial charge in [-0.2, -0.15) is 0 Å². The number of thiophene rings is 1. The maximum Gasteiger partial charge on any atom is 0.326 e. The average molecular weight is 414 g/mol. The summed E-state index contributed by atoms with van der Waals surface area (Å²) in [6, 6.07) is 9.88. The number of rotatable bonds is 6. The predicted molar refractivity (Wildman–Crippen MR) is 113 cm³/mol. The Morgan fingerprint density at radius 2 is 2.00 bits per heavy atom. The summed E-state index contributed by atoms with van der Waals surface area (Å²) in [6.45, 7) is 5.16. The molecular weight excluding hydrogens is 386 g/mol. The number of imide groups is 1. The molecule has 0 radical (unpaired) electrons. The van der Waals surface area contributed by atoms with Crippen LogP contribution in [0.2, 0.25) is 0 Å². The molecule has 2 aliphatic heterocycles. The smallest absolute Gasteiger partial charge is 0.326 e. The highest BCUT2D eigenvalue weighted by Crippen LogP contribution is 2.33. The lowest BCUT2D eigenvalue weighted by Crippen LogP contribution is -2.47.